The second-order valence-electron chi connectivity index (χ2n) is 3.41. The first-order chi connectivity index (χ1) is 8.81. The summed E-state index contributed by atoms with van der Waals surface area (Å²) in [5.74, 6) is 0. The van der Waals surface area contributed by atoms with Crippen LogP contribution in [0.3, 0.4) is 0 Å². The Hall–Kier alpha value is 0.0200. The molecule has 1 heterocycles. The molecule has 0 unspecified atom stereocenters. The zero-order valence-electron chi connectivity index (χ0n) is 8.95. The molecule has 2 rings (SSSR count). The Morgan fingerprint density at radius 1 is 1.11 bits per heavy atom. The zero-order chi connectivity index (χ0) is 14.2. The second-order valence-corrected chi connectivity index (χ2v) is 8.28. The van der Waals surface area contributed by atoms with Crippen molar-refractivity contribution in [3.05, 3.63) is 43.1 Å². The quantitative estimate of drug-likeness (QED) is 0.686. The average molecular weight is 422 g/mol. The van der Waals surface area contributed by atoms with Gasteiger partial charge in [-0.2, -0.15) is 0 Å². The van der Waals surface area contributed by atoms with Crippen molar-refractivity contribution in [2.45, 2.75) is 4.21 Å². The van der Waals surface area contributed by atoms with Crippen molar-refractivity contribution in [3.63, 3.8) is 0 Å². The van der Waals surface area contributed by atoms with Crippen LogP contribution in [-0.2, 0) is 10.0 Å². The lowest BCUT2D eigenvalue weighted by Gasteiger charge is -2.10. The molecule has 1 aromatic heterocycles. The number of thiophene rings is 1. The molecule has 102 valence electrons. The minimum absolute atomic E-state index is 0.162. The van der Waals surface area contributed by atoms with Crippen LogP contribution in [0, 0.1) is 0 Å². The van der Waals surface area contributed by atoms with E-state index in [0.717, 1.165) is 11.3 Å². The normalized spacial score (nSPS) is 11.6. The maximum atomic E-state index is 12.2. The SMILES string of the molecule is O=S(=O)(Nc1cc(Cl)c(Cl)cc1Cl)c1sccc1Br. The molecule has 0 amide bonds. The van der Waals surface area contributed by atoms with Gasteiger partial charge in [-0.25, -0.2) is 8.42 Å². The summed E-state index contributed by atoms with van der Waals surface area (Å²) in [5.41, 5.74) is 0.177. The fourth-order valence-corrected chi connectivity index (χ4v) is 5.32. The van der Waals surface area contributed by atoms with E-state index in [4.69, 9.17) is 34.8 Å². The van der Waals surface area contributed by atoms with E-state index in [9.17, 15) is 8.42 Å². The van der Waals surface area contributed by atoms with E-state index >= 15 is 0 Å². The van der Waals surface area contributed by atoms with Gasteiger partial charge in [0.2, 0.25) is 0 Å². The summed E-state index contributed by atoms with van der Waals surface area (Å²) in [6.45, 7) is 0. The van der Waals surface area contributed by atoms with Gasteiger partial charge in [0, 0.05) is 4.47 Å². The summed E-state index contributed by atoms with van der Waals surface area (Å²) in [4.78, 5) is 0. The Kier molecular flexibility index (Phi) is 4.70. The van der Waals surface area contributed by atoms with Crippen LogP contribution in [0.1, 0.15) is 0 Å². The average Bonchev–Trinajstić information content (AvgIpc) is 2.73. The fraction of sp³-hybridized carbons (Fsp3) is 0. The van der Waals surface area contributed by atoms with Crippen molar-refractivity contribution in [1.82, 2.24) is 0 Å². The van der Waals surface area contributed by atoms with Crippen LogP contribution in [0.2, 0.25) is 15.1 Å². The molecule has 3 nitrogen and oxygen atoms in total. The summed E-state index contributed by atoms with van der Waals surface area (Å²) >= 11 is 21.8. The molecule has 1 N–H and O–H groups in total. The molecule has 0 aliphatic carbocycles. The van der Waals surface area contributed by atoms with Crippen LogP contribution >= 0.6 is 62.1 Å². The molecule has 19 heavy (non-hydrogen) atoms. The Bertz CT molecular complexity index is 730. The molecule has 0 aliphatic rings. The van der Waals surface area contributed by atoms with E-state index in [2.05, 4.69) is 20.7 Å². The largest absolute Gasteiger partial charge is 0.277 e. The number of hydrogen-bond acceptors (Lipinski definition) is 3. The van der Waals surface area contributed by atoms with Gasteiger partial charge in [-0.05, 0) is 39.5 Å². The van der Waals surface area contributed by atoms with Gasteiger partial charge in [-0.15, -0.1) is 11.3 Å². The summed E-state index contributed by atoms with van der Waals surface area (Å²) < 4.78 is 27.4. The van der Waals surface area contributed by atoms with Gasteiger partial charge in [0.05, 0.1) is 20.8 Å². The first-order valence-electron chi connectivity index (χ1n) is 4.71. The lowest BCUT2D eigenvalue weighted by molar-refractivity contribution is 0.603. The van der Waals surface area contributed by atoms with Gasteiger partial charge in [0.25, 0.3) is 10.0 Å². The zero-order valence-corrected chi connectivity index (χ0v) is 14.4. The van der Waals surface area contributed by atoms with E-state index in [0.29, 0.717) is 4.47 Å². The Labute approximate surface area is 137 Å². The topological polar surface area (TPSA) is 46.2 Å². The number of anilines is 1. The predicted molar refractivity (Wildman–Crippen MR) is 84.3 cm³/mol. The van der Waals surface area contributed by atoms with Crippen molar-refractivity contribution in [3.8, 4) is 0 Å². The standard InChI is InChI=1S/C10H5BrCl3NO2S2/c11-5-1-2-18-10(5)19(16,17)15-9-4-7(13)6(12)3-8(9)14/h1-4,15H. The smallest absolute Gasteiger partial charge is 0.272 e. The molecule has 0 bridgehead atoms. The number of hydrogen-bond donors (Lipinski definition) is 1. The molecule has 9 heteroatoms. The first kappa shape index (κ1) is 15.4. The summed E-state index contributed by atoms with van der Waals surface area (Å²) in [7, 11) is -3.72. The first-order valence-corrected chi connectivity index (χ1v) is 9.00. The van der Waals surface area contributed by atoms with Crippen LogP contribution in [-0.4, -0.2) is 8.42 Å². The molecule has 0 saturated carbocycles. The molecule has 0 spiro atoms. The Morgan fingerprint density at radius 2 is 1.74 bits per heavy atom. The third-order valence-electron chi connectivity index (χ3n) is 2.08. The van der Waals surface area contributed by atoms with E-state index in [1.54, 1.807) is 11.4 Å². The van der Waals surface area contributed by atoms with E-state index in [-0.39, 0.29) is 25.0 Å². The third kappa shape index (κ3) is 3.37. The molecular formula is C10H5BrCl3NO2S2. The van der Waals surface area contributed by atoms with Crippen LogP contribution in [0.5, 0.6) is 0 Å². The van der Waals surface area contributed by atoms with Gasteiger partial charge < -0.3 is 0 Å². The molecule has 0 fully saturated rings. The number of sulfonamides is 1. The summed E-state index contributed by atoms with van der Waals surface area (Å²) in [5, 5.41) is 2.31. The van der Waals surface area contributed by atoms with E-state index in [1.165, 1.54) is 12.1 Å². The summed E-state index contributed by atoms with van der Waals surface area (Å²) in [6, 6.07) is 4.40. The highest BCUT2D eigenvalue weighted by Gasteiger charge is 2.21. The molecular weight excluding hydrogens is 417 g/mol. The van der Waals surface area contributed by atoms with Crippen molar-refractivity contribution < 1.29 is 8.42 Å². The predicted octanol–water partition coefficient (Wildman–Crippen LogP) is 5.27. The van der Waals surface area contributed by atoms with Crippen LogP contribution in [0.4, 0.5) is 5.69 Å². The van der Waals surface area contributed by atoms with Gasteiger partial charge in [0.1, 0.15) is 0 Å². The van der Waals surface area contributed by atoms with Crippen molar-refractivity contribution in [2.75, 3.05) is 4.72 Å². The number of halogens is 4. The number of nitrogens with one attached hydrogen (secondary N) is 1. The van der Waals surface area contributed by atoms with Crippen molar-refractivity contribution in [2.24, 2.45) is 0 Å². The number of rotatable bonds is 3. The second kappa shape index (κ2) is 5.79. The van der Waals surface area contributed by atoms with Crippen LogP contribution in [0.25, 0.3) is 0 Å². The molecule has 0 atom stereocenters. The molecule has 2 aromatic rings. The molecule has 0 radical (unpaired) electrons. The molecule has 0 saturated heterocycles. The van der Waals surface area contributed by atoms with Gasteiger partial charge in [0.15, 0.2) is 4.21 Å². The molecule has 0 aliphatic heterocycles. The van der Waals surface area contributed by atoms with Gasteiger partial charge >= 0.3 is 0 Å². The minimum Gasteiger partial charge on any atom is -0.277 e. The Morgan fingerprint density at radius 3 is 2.32 bits per heavy atom. The monoisotopic (exact) mass is 419 g/mol. The third-order valence-corrected chi connectivity index (χ3v) is 7.15. The highest BCUT2D eigenvalue weighted by molar-refractivity contribution is 9.10. The van der Waals surface area contributed by atoms with Gasteiger partial charge in [-0.3, -0.25) is 4.72 Å². The minimum atomic E-state index is -3.72. The van der Waals surface area contributed by atoms with Crippen molar-refractivity contribution in [1.29, 1.82) is 0 Å². The fourth-order valence-electron chi connectivity index (χ4n) is 1.26. The highest BCUT2D eigenvalue weighted by Crippen LogP contribution is 2.35. The Balaban J connectivity index is 2.42. The van der Waals surface area contributed by atoms with E-state index < -0.39 is 10.0 Å². The number of benzene rings is 1. The van der Waals surface area contributed by atoms with Crippen LogP contribution < -0.4 is 4.72 Å². The van der Waals surface area contributed by atoms with Crippen molar-refractivity contribution >= 4 is 77.8 Å². The summed E-state index contributed by atoms with van der Waals surface area (Å²) in [6.07, 6.45) is 0. The lowest BCUT2D eigenvalue weighted by atomic mass is 10.3. The van der Waals surface area contributed by atoms with Crippen LogP contribution in [0.15, 0.2) is 32.3 Å². The highest BCUT2D eigenvalue weighted by atomic mass is 79.9. The maximum Gasteiger partial charge on any atom is 0.272 e. The van der Waals surface area contributed by atoms with Gasteiger partial charge in [-0.1, -0.05) is 34.8 Å². The molecule has 1 aromatic carbocycles. The van der Waals surface area contributed by atoms with E-state index in [1.807, 2.05) is 0 Å². The lowest BCUT2D eigenvalue weighted by Crippen LogP contribution is -2.12. The maximum absolute atomic E-state index is 12.2.